The summed E-state index contributed by atoms with van der Waals surface area (Å²) in [6.45, 7) is 1.80. The highest BCUT2D eigenvalue weighted by molar-refractivity contribution is 5.94. The minimum atomic E-state index is -0.0784. The van der Waals surface area contributed by atoms with Gasteiger partial charge in [0.2, 0.25) is 0 Å². The number of likely N-dealkylation sites (tertiary alicyclic amines) is 1. The zero-order chi connectivity index (χ0) is 12.3. The minimum Gasteiger partial charge on any atom is -0.508 e. The van der Waals surface area contributed by atoms with Gasteiger partial charge in [0, 0.05) is 18.2 Å². The van der Waals surface area contributed by atoms with Crippen LogP contribution in [0.1, 0.15) is 23.2 Å². The highest BCUT2D eigenvalue weighted by Gasteiger charge is 2.21. The quantitative estimate of drug-likeness (QED) is 0.826. The van der Waals surface area contributed by atoms with Crippen molar-refractivity contribution in [1.29, 1.82) is 0 Å². The zero-order valence-electron chi connectivity index (χ0n) is 10.0. The van der Waals surface area contributed by atoms with Crippen molar-refractivity contribution in [3.05, 3.63) is 29.8 Å². The fraction of sp³-hybridized carbons (Fsp3) is 0.462. The molecule has 1 fully saturated rings. The molecule has 1 amide bonds. The predicted octanol–water partition coefficient (Wildman–Crippen LogP) is 1.22. The van der Waals surface area contributed by atoms with Crippen LogP contribution in [0.15, 0.2) is 24.3 Å². The topological polar surface area (TPSA) is 52.6 Å². The van der Waals surface area contributed by atoms with E-state index in [1.165, 1.54) is 18.6 Å². The Hall–Kier alpha value is -1.55. The largest absolute Gasteiger partial charge is 0.508 e. The van der Waals surface area contributed by atoms with E-state index >= 15 is 0 Å². The van der Waals surface area contributed by atoms with Gasteiger partial charge in [-0.3, -0.25) is 4.79 Å². The van der Waals surface area contributed by atoms with Crippen molar-refractivity contribution >= 4 is 5.91 Å². The molecule has 1 unspecified atom stereocenters. The maximum Gasteiger partial charge on any atom is 0.251 e. The Bertz CT molecular complexity index is 389. The molecule has 4 heteroatoms. The van der Waals surface area contributed by atoms with E-state index in [4.69, 9.17) is 5.11 Å². The number of carbonyl (C=O) groups is 1. The van der Waals surface area contributed by atoms with Crippen LogP contribution in [0, 0.1) is 0 Å². The second-order valence-corrected chi connectivity index (χ2v) is 4.53. The Morgan fingerprint density at radius 1 is 1.47 bits per heavy atom. The summed E-state index contributed by atoms with van der Waals surface area (Å²) in [6.07, 6.45) is 2.35. The molecule has 2 N–H and O–H groups in total. The lowest BCUT2D eigenvalue weighted by molar-refractivity contribution is 0.0943. The van der Waals surface area contributed by atoms with Crippen LogP contribution in [0.4, 0.5) is 0 Å². The van der Waals surface area contributed by atoms with Crippen molar-refractivity contribution in [1.82, 2.24) is 10.2 Å². The Balaban J connectivity index is 1.87. The average Bonchev–Trinajstić information content (AvgIpc) is 2.73. The van der Waals surface area contributed by atoms with Crippen LogP contribution in [0.5, 0.6) is 5.75 Å². The van der Waals surface area contributed by atoms with Gasteiger partial charge in [-0.1, -0.05) is 0 Å². The number of nitrogens with zero attached hydrogens (tertiary/aromatic N) is 1. The third kappa shape index (κ3) is 2.97. The van der Waals surface area contributed by atoms with Crippen LogP contribution in [0.2, 0.25) is 0 Å². The maximum atomic E-state index is 11.8. The van der Waals surface area contributed by atoms with Gasteiger partial charge in [0.05, 0.1) is 0 Å². The summed E-state index contributed by atoms with van der Waals surface area (Å²) < 4.78 is 0. The molecule has 0 bridgehead atoms. The number of rotatable bonds is 3. The van der Waals surface area contributed by atoms with Crippen LogP contribution in [-0.2, 0) is 0 Å². The third-order valence-corrected chi connectivity index (χ3v) is 3.30. The molecule has 0 aromatic heterocycles. The lowest BCUT2D eigenvalue weighted by Gasteiger charge is -2.19. The SMILES string of the molecule is CN1CCCC1CNC(=O)c1ccc(O)cc1. The molecular formula is C13H18N2O2. The normalized spacial score (nSPS) is 20.4. The van der Waals surface area contributed by atoms with E-state index in [0.717, 1.165) is 13.0 Å². The smallest absolute Gasteiger partial charge is 0.251 e. The summed E-state index contributed by atoms with van der Waals surface area (Å²) in [7, 11) is 2.09. The van der Waals surface area contributed by atoms with E-state index < -0.39 is 0 Å². The molecule has 0 spiro atoms. The summed E-state index contributed by atoms with van der Waals surface area (Å²) in [4.78, 5) is 14.1. The molecule has 1 aromatic carbocycles. The molecule has 4 nitrogen and oxygen atoms in total. The first-order chi connectivity index (χ1) is 8.16. The fourth-order valence-electron chi connectivity index (χ4n) is 2.16. The summed E-state index contributed by atoms with van der Waals surface area (Å²) in [6, 6.07) is 6.76. The van der Waals surface area contributed by atoms with Crippen LogP contribution >= 0.6 is 0 Å². The maximum absolute atomic E-state index is 11.8. The molecule has 1 aliphatic heterocycles. The number of benzene rings is 1. The molecule has 92 valence electrons. The number of phenols is 1. The highest BCUT2D eigenvalue weighted by atomic mass is 16.3. The second-order valence-electron chi connectivity index (χ2n) is 4.53. The number of likely N-dealkylation sites (N-methyl/N-ethyl adjacent to an activating group) is 1. The lowest BCUT2D eigenvalue weighted by Crippen LogP contribution is -2.38. The molecule has 1 atom stereocenters. The summed E-state index contributed by atoms with van der Waals surface area (Å²) in [5.74, 6) is 0.0994. The molecule has 0 radical (unpaired) electrons. The number of amides is 1. The van der Waals surface area contributed by atoms with Gasteiger partial charge >= 0.3 is 0 Å². The average molecular weight is 234 g/mol. The first kappa shape index (κ1) is 11.9. The monoisotopic (exact) mass is 234 g/mol. The summed E-state index contributed by atoms with van der Waals surface area (Å²) in [5.41, 5.74) is 0.587. The third-order valence-electron chi connectivity index (χ3n) is 3.30. The van der Waals surface area contributed by atoms with Crippen LogP contribution < -0.4 is 5.32 Å². The van der Waals surface area contributed by atoms with Crippen molar-refractivity contribution in [2.45, 2.75) is 18.9 Å². The predicted molar refractivity (Wildman–Crippen MR) is 66.1 cm³/mol. The van der Waals surface area contributed by atoms with Gasteiger partial charge in [-0.15, -0.1) is 0 Å². The number of carbonyl (C=O) groups excluding carboxylic acids is 1. The Labute approximate surface area is 101 Å². The molecule has 0 saturated carbocycles. The fourth-order valence-corrected chi connectivity index (χ4v) is 2.16. The van der Waals surface area contributed by atoms with Gasteiger partial charge in [0.15, 0.2) is 0 Å². The molecule has 2 rings (SSSR count). The van der Waals surface area contributed by atoms with Gasteiger partial charge < -0.3 is 15.3 Å². The first-order valence-electron chi connectivity index (χ1n) is 5.94. The number of hydrogen-bond acceptors (Lipinski definition) is 3. The van der Waals surface area contributed by atoms with Crippen molar-refractivity contribution in [3.8, 4) is 5.75 Å². The molecular weight excluding hydrogens is 216 g/mol. The second kappa shape index (κ2) is 5.19. The van der Waals surface area contributed by atoms with Crippen molar-refractivity contribution < 1.29 is 9.90 Å². The number of hydrogen-bond donors (Lipinski definition) is 2. The van der Waals surface area contributed by atoms with E-state index in [-0.39, 0.29) is 11.7 Å². The molecule has 1 aliphatic rings. The van der Waals surface area contributed by atoms with Gasteiger partial charge in [0.25, 0.3) is 5.91 Å². The van der Waals surface area contributed by atoms with Gasteiger partial charge in [0.1, 0.15) is 5.75 Å². The molecule has 1 aromatic rings. The van der Waals surface area contributed by atoms with Gasteiger partial charge in [-0.05, 0) is 50.7 Å². The number of phenolic OH excluding ortho intramolecular Hbond substituents is 1. The van der Waals surface area contributed by atoms with E-state index in [0.29, 0.717) is 18.2 Å². The van der Waals surface area contributed by atoms with E-state index in [1.807, 2.05) is 0 Å². The van der Waals surface area contributed by atoms with Crippen LogP contribution in [0.3, 0.4) is 0 Å². The summed E-state index contributed by atoms with van der Waals surface area (Å²) >= 11 is 0. The highest BCUT2D eigenvalue weighted by Crippen LogP contribution is 2.14. The van der Waals surface area contributed by atoms with Crippen molar-refractivity contribution in [3.63, 3.8) is 0 Å². The number of nitrogens with one attached hydrogen (secondary N) is 1. The van der Waals surface area contributed by atoms with Crippen molar-refractivity contribution in [2.75, 3.05) is 20.1 Å². The Kier molecular flexibility index (Phi) is 3.64. The number of aromatic hydroxyl groups is 1. The molecule has 1 saturated heterocycles. The van der Waals surface area contributed by atoms with Crippen LogP contribution in [0.25, 0.3) is 0 Å². The molecule has 1 heterocycles. The van der Waals surface area contributed by atoms with Crippen LogP contribution in [-0.4, -0.2) is 42.1 Å². The Morgan fingerprint density at radius 3 is 2.76 bits per heavy atom. The van der Waals surface area contributed by atoms with E-state index in [2.05, 4.69) is 17.3 Å². The molecule has 17 heavy (non-hydrogen) atoms. The molecule has 0 aliphatic carbocycles. The van der Waals surface area contributed by atoms with E-state index in [9.17, 15) is 4.79 Å². The standard InChI is InChI=1S/C13H18N2O2/c1-15-8-2-3-11(15)9-14-13(17)10-4-6-12(16)7-5-10/h4-7,11,16H,2-3,8-9H2,1H3,(H,14,17). The lowest BCUT2D eigenvalue weighted by atomic mass is 10.2. The zero-order valence-corrected chi connectivity index (χ0v) is 10.0. The first-order valence-corrected chi connectivity index (χ1v) is 5.94. The summed E-state index contributed by atoms with van der Waals surface area (Å²) in [5, 5.41) is 12.1. The minimum absolute atomic E-state index is 0.0784. The Morgan fingerprint density at radius 2 is 2.18 bits per heavy atom. The van der Waals surface area contributed by atoms with Gasteiger partial charge in [-0.2, -0.15) is 0 Å². The van der Waals surface area contributed by atoms with Gasteiger partial charge in [-0.25, -0.2) is 0 Å². The van der Waals surface area contributed by atoms with Crippen molar-refractivity contribution in [2.24, 2.45) is 0 Å². The van der Waals surface area contributed by atoms with E-state index in [1.54, 1.807) is 12.1 Å².